The lowest BCUT2D eigenvalue weighted by Gasteiger charge is -2.08. The summed E-state index contributed by atoms with van der Waals surface area (Å²) >= 11 is 0. The highest BCUT2D eigenvalue weighted by molar-refractivity contribution is 5.94. The third kappa shape index (κ3) is 3.73. The summed E-state index contributed by atoms with van der Waals surface area (Å²) in [6.45, 7) is 0. The number of rotatable bonds is 4. The smallest absolute Gasteiger partial charge is 0.409 e. The molecule has 0 bridgehead atoms. The van der Waals surface area contributed by atoms with Crippen molar-refractivity contribution in [3.8, 4) is 17.2 Å². The average Bonchev–Trinajstić information content (AvgIpc) is 2.48. The average molecular weight is 287 g/mol. The van der Waals surface area contributed by atoms with Crippen LogP contribution in [0, 0.1) is 0 Å². The molecule has 0 aliphatic carbocycles. The lowest BCUT2D eigenvalue weighted by Crippen LogP contribution is -2.19. The Hall–Kier alpha value is -3.02. The van der Waals surface area contributed by atoms with Gasteiger partial charge in [0.2, 0.25) is 0 Å². The predicted molar refractivity (Wildman–Crippen MR) is 74.6 cm³/mol. The first kappa shape index (κ1) is 14.4. The lowest BCUT2D eigenvalue weighted by molar-refractivity contribution is 0.0732. The fraction of sp³-hybridized carbons (Fsp3) is 0.0667. The summed E-state index contributed by atoms with van der Waals surface area (Å²) in [6, 6.07) is 12.7. The molecule has 1 amide bonds. The molecule has 2 N–H and O–H groups in total. The van der Waals surface area contributed by atoms with Crippen molar-refractivity contribution in [1.82, 2.24) is 0 Å². The Morgan fingerprint density at radius 2 is 1.52 bits per heavy atom. The fourth-order valence-corrected chi connectivity index (χ4v) is 1.64. The zero-order valence-corrected chi connectivity index (χ0v) is 11.2. The third-order valence-corrected chi connectivity index (χ3v) is 2.59. The van der Waals surface area contributed by atoms with Crippen LogP contribution >= 0.6 is 0 Å². The third-order valence-electron chi connectivity index (χ3n) is 2.59. The lowest BCUT2D eigenvalue weighted by atomic mass is 10.2. The van der Waals surface area contributed by atoms with Crippen LogP contribution in [0.2, 0.25) is 0 Å². The maximum absolute atomic E-state index is 12.1. The normalized spacial score (nSPS) is 9.76. The molecule has 6 heteroatoms. The van der Waals surface area contributed by atoms with Gasteiger partial charge in [-0.1, -0.05) is 12.1 Å². The second kappa shape index (κ2) is 6.42. The molecule has 0 fully saturated rings. The summed E-state index contributed by atoms with van der Waals surface area (Å²) in [4.78, 5) is 22.9. The number of carbonyl (C=O) groups excluding carboxylic acids is 2. The second-order valence-corrected chi connectivity index (χ2v) is 3.98. The van der Waals surface area contributed by atoms with Gasteiger partial charge < -0.3 is 19.9 Å². The van der Waals surface area contributed by atoms with Crippen molar-refractivity contribution in [2.24, 2.45) is 5.73 Å². The maximum atomic E-state index is 12.1. The van der Waals surface area contributed by atoms with Crippen LogP contribution < -0.4 is 19.9 Å². The molecule has 0 unspecified atom stereocenters. The number of para-hydroxylation sites is 1. The second-order valence-electron chi connectivity index (χ2n) is 3.98. The number of methoxy groups -OCH3 is 1. The molecule has 2 aromatic carbocycles. The quantitative estimate of drug-likeness (QED) is 0.689. The minimum Gasteiger partial charge on any atom is -0.497 e. The van der Waals surface area contributed by atoms with Crippen molar-refractivity contribution in [3.63, 3.8) is 0 Å². The van der Waals surface area contributed by atoms with Gasteiger partial charge >= 0.3 is 12.1 Å². The number of ether oxygens (including phenoxy) is 3. The van der Waals surface area contributed by atoms with Crippen LogP contribution in [0.4, 0.5) is 4.79 Å². The van der Waals surface area contributed by atoms with Gasteiger partial charge in [-0.15, -0.1) is 0 Å². The van der Waals surface area contributed by atoms with Gasteiger partial charge in [-0.05, 0) is 36.4 Å². The van der Waals surface area contributed by atoms with Gasteiger partial charge in [0.15, 0.2) is 0 Å². The van der Waals surface area contributed by atoms with Crippen LogP contribution in [-0.2, 0) is 0 Å². The summed E-state index contributed by atoms with van der Waals surface area (Å²) in [5, 5.41) is 0. The van der Waals surface area contributed by atoms with E-state index < -0.39 is 12.1 Å². The molecule has 6 nitrogen and oxygen atoms in total. The highest BCUT2D eigenvalue weighted by Crippen LogP contribution is 2.22. The molecule has 0 aliphatic heterocycles. The first-order valence-electron chi connectivity index (χ1n) is 6.02. The molecule has 0 atom stereocenters. The molecular formula is C15H13NO5. The van der Waals surface area contributed by atoms with E-state index in [2.05, 4.69) is 0 Å². The zero-order chi connectivity index (χ0) is 15.2. The molecule has 0 heterocycles. The molecule has 21 heavy (non-hydrogen) atoms. The number of hydrogen-bond donors (Lipinski definition) is 1. The van der Waals surface area contributed by atoms with E-state index >= 15 is 0 Å². The first-order chi connectivity index (χ1) is 10.1. The van der Waals surface area contributed by atoms with Crippen molar-refractivity contribution < 1.29 is 23.8 Å². The Morgan fingerprint density at radius 1 is 0.905 bits per heavy atom. The molecule has 2 aromatic rings. The van der Waals surface area contributed by atoms with Crippen molar-refractivity contribution in [1.29, 1.82) is 0 Å². The summed E-state index contributed by atoms with van der Waals surface area (Å²) in [5.41, 5.74) is 5.05. The number of nitrogens with two attached hydrogens (primary N) is 1. The predicted octanol–water partition coefficient (Wildman–Crippen LogP) is 2.37. The van der Waals surface area contributed by atoms with Crippen LogP contribution in [0.3, 0.4) is 0 Å². The van der Waals surface area contributed by atoms with Crippen LogP contribution in [-0.4, -0.2) is 19.2 Å². The maximum Gasteiger partial charge on any atom is 0.409 e. The van der Waals surface area contributed by atoms with Crippen molar-refractivity contribution in [2.75, 3.05) is 7.11 Å². The zero-order valence-electron chi connectivity index (χ0n) is 11.2. The minimum absolute atomic E-state index is 0.0449. The summed E-state index contributed by atoms with van der Waals surface area (Å²) in [7, 11) is 1.54. The van der Waals surface area contributed by atoms with E-state index in [0.29, 0.717) is 11.5 Å². The fourth-order valence-electron chi connectivity index (χ4n) is 1.64. The Kier molecular flexibility index (Phi) is 4.40. The Labute approximate surface area is 121 Å². The highest BCUT2D eigenvalue weighted by atomic mass is 16.6. The minimum atomic E-state index is -1.00. The molecule has 0 radical (unpaired) electrons. The number of amides is 1. The highest BCUT2D eigenvalue weighted by Gasteiger charge is 2.16. The molecule has 0 aliphatic rings. The molecular weight excluding hydrogens is 274 g/mol. The van der Waals surface area contributed by atoms with Gasteiger partial charge in [0.25, 0.3) is 0 Å². The molecule has 0 aromatic heterocycles. The van der Waals surface area contributed by atoms with E-state index in [9.17, 15) is 9.59 Å². The first-order valence-corrected chi connectivity index (χ1v) is 6.02. The topological polar surface area (TPSA) is 87.8 Å². The Balaban J connectivity index is 2.17. The Bertz CT molecular complexity index is 651. The molecule has 2 rings (SSSR count). The van der Waals surface area contributed by atoms with Gasteiger partial charge in [0.1, 0.15) is 22.8 Å². The van der Waals surface area contributed by atoms with E-state index in [1.165, 1.54) is 12.1 Å². The van der Waals surface area contributed by atoms with Gasteiger partial charge in [0, 0.05) is 0 Å². The van der Waals surface area contributed by atoms with Crippen LogP contribution in [0.15, 0.2) is 48.5 Å². The van der Waals surface area contributed by atoms with Gasteiger partial charge in [-0.25, -0.2) is 9.59 Å². The van der Waals surface area contributed by atoms with E-state index in [1.54, 1.807) is 43.5 Å². The van der Waals surface area contributed by atoms with Crippen molar-refractivity contribution in [3.05, 3.63) is 54.1 Å². The molecule has 108 valence electrons. The van der Waals surface area contributed by atoms with Crippen LogP contribution in [0.1, 0.15) is 10.4 Å². The molecule has 0 spiro atoms. The summed E-state index contributed by atoms with van der Waals surface area (Å²) in [5.74, 6) is 0.377. The monoisotopic (exact) mass is 287 g/mol. The van der Waals surface area contributed by atoms with Crippen LogP contribution in [0.25, 0.3) is 0 Å². The van der Waals surface area contributed by atoms with E-state index in [0.717, 1.165) is 0 Å². The standard InChI is InChI=1S/C15H13NO5/c1-19-10-6-8-11(9-7-10)20-14(17)12-4-2-3-5-13(12)21-15(16)18/h2-9H,1H3,(H2,16,18). The van der Waals surface area contributed by atoms with E-state index in [-0.39, 0.29) is 11.3 Å². The van der Waals surface area contributed by atoms with Gasteiger partial charge in [0.05, 0.1) is 7.11 Å². The van der Waals surface area contributed by atoms with E-state index in [1.807, 2.05) is 0 Å². The number of esters is 1. The van der Waals surface area contributed by atoms with Crippen molar-refractivity contribution in [2.45, 2.75) is 0 Å². The number of primary amides is 1. The summed E-state index contributed by atoms with van der Waals surface area (Å²) < 4.78 is 15.0. The summed E-state index contributed by atoms with van der Waals surface area (Å²) in [6.07, 6.45) is -1.00. The molecule has 0 saturated carbocycles. The number of benzene rings is 2. The van der Waals surface area contributed by atoms with Crippen molar-refractivity contribution >= 4 is 12.1 Å². The number of hydrogen-bond acceptors (Lipinski definition) is 5. The largest absolute Gasteiger partial charge is 0.497 e. The molecule has 0 saturated heterocycles. The number of carbonyl (C=O) groups is 2. The SMILES string of the molecule is COc1ccc(OC(=O)c2ccccc2OC(N)=O)cc1. The Morgan fingerprint density at radius 3 is 2.14 bits per heavy atom. The van der Waals surface area contributed by atoms with Gasteiger partial charge in [-0.2, -0.15) is 0 Å². The van der Waals surface area contributed by atoms with Crippen LogP contribution in [0.5, 0.6) is 17.2 Å². The van der Waals surface area contributed by atoms with E-state index in [4.69, 9.17) is 19.9 Å². The van der Waals surface area contributed by atoms with Gasteiger partial charge in [-0.3, -0.25) is 0 Å².